The first kappa shape index (κ1) is 15.4. The van der Waals surface area contributed by atoms with E-state index in [1.54, 1.807) is 30.3 Å². The Morgan fingerprint density at radius 2 is 1.91 bits per heavy atom. The zero-order valence-electron chi connectivity index (χ0n) is 12.2. The van der Waals surface area contributed by atoms with Gasteiger partial charge in [-0.3, -0.25) is 9.59 Å². The maximum absolute atomic E-state index is 12.4. The fourth-order valence-electron chi connectivity index (χ4n) is 2.49. The van der Waals surface area contributed by atoms with Gasteiger partial charge in [-0.1, -0.05) is 11.6 Å². The fraction of sp³-hybridized carbons (Fsp3) is 0.176. The first-order valence-corrected chi connectivity index (χ1v) is 7.52. The smallest absolute Gasteiger partial charge is 0.248 e. The number of carbonyl (C=O) groups excluding carboxylic acids is 2. The van der Waals surface area contributed by atoms with Gasteiger partial charge in [-0.2, -0.15) is 0 Å². The molecule has 0 radical (unpaired) electrons. The van der Waals surface area contributed by atoms with Crippen molar-refractivity contribution in [1.29, 1.82) is 0 Å². The molecule has 3 rings (SSSR count). The number of benzene rings is 2. The van der Waals surface area contributed by atoms with E-state index in [9.17, 15) is 9.59 Å². The lowest BCUT2D eigenvalue weighted by molar-refractivity contribution is -0.121. The monoisotopic (exact) mass is 330 g/mol. The maximum atomic E-state index is 12.4. The highest BCUT2D eigenvalue weighted by atomic mass is 35.5. The molecule has 2 aromatic carbocycles. The van der Waals surface area contributed by atoms with E-state index in [1.165, 1.54) is 0 Å². The van der Waals surface area contributed by atoms with Crippen molar-refractivity contribution >= 4 is 29.1 Å². The summed E-state index contributed by atoms with van der Waals surface area (Å²) in [5.74, 6) is -0.166. The van der Waals surface area contributed by atoms with Crippen molar-refractivity contribution in [3.05, 3.63) is 58.6 Å². The lowest BCUT2D eigenvalue weighted by Crippen LogP contribution is -2.32. The second-order valence-corrected chi connectivity index (χ2v) is 5.83. The van der Waals surface area contributed by atoms with Crippen LogP contribution in [0.15, 0.2) is 42.5 Å². The number of nitrogens with one attached hydrogen (secondary N) is 1. The largest absolute Gasteiger partial charge is 0.492 e. The highest BCUT2D eigenvalue weighted by Gasteiger charge is 2.26. The van der Waals surface area contributed by atoms with Gasteiger partial charge in [0.15, 0.2) is 0 Å². The first-order chi connectivity index (χ1) is 11.0. The highest BCUT2D eigenvalue weighted by Crippen LogP contribution is 2.30. The van der Waals surface area contributed by atoms with Crippen LogP contribution in [-0.4, -0.2) is 18.4 Å². The summed E-state index contributed by atoms with van der Waals surface area (Å²) in [6.07, 6.45) is 0.571. The van der Waals surface area contributed by atoms with Crippen LogP contribution in [0.4, 0.5) is 5.69 Å². The topological polar surface area (TPSA) is 81.4 Å². The van der Waals surface area contributed by atoms with Gasteiger partial charge in [-0.25, -0.2) is 0 Å². The minimum absolute atomic E-state index is 0.137. The lowest BCUT2D eigenvalue weighted by Gasteiger charge is -2.24. The summed E-state index contributed by atoms with van der Waals surface area (Å²) in [4.78, 5) is 23.4. The molecule has 0 fully saturated rings. The molecule has 2 aromatic rings. The minimum atomic E-state index is -0.503. The summed E-state index contributed by atoms with van der Waals surface area (Å²) in [5.41, 5.74) is 7.11. The van der Waals surface area contributed by atoms with Crippen LogP contribution >= 0.6 is 11.6 Å². The number of nitrogens with two attached hydrogens (primary N) is 1. The van der Waals surface area contributed by atoms with Crippen molar-refractivity contribution in [2.24, 2.45) is 11.7 Å². The molecule has 1 aliphatic rings. The molecular weight excluding hydrogens is 316 g/mol. The van der Waals surface area contributed by atoms with Gasteiger partial charge < -0.3 is 15.8 Å². The average molecular weight is 331 g/mol. The van der Waals surface area contributed by atoms with Gasteiger partial charge in [0, 0.05) is 16.3 Å². The quantitative estimate of drug-likeness (QED) is 0.907. The zero-order chi connectivity index (χ0) is 16.4. The Morgan fingerprint density at radius 3 is 2.61 bits per heavy atom. The van der Waals surface area contributed by atoms with Crippen molar-refractivity contribution in [3.63, 3.8) is 0 Å². The van der Waals surface area contributed by atoms with Gasteiger partial charge in [0.25, 0.3) is 0 Å². The zero-order valence-corrected chi connectivity index (χ0v) is 13.0. The second kappa shape index (κ2) is 6.30. The summed E-state index contributed by atoms with van der Waals surface area (Å²) in [6.45, 7) is 0.319. The van der Waals surface area contributed by atoms with Crippen LogP contribution in [0.1, 0.15) is 15.9 Å². The van der Waals surface area contributed by atoms with E-state index < -0.39 is 5.91 Å². The molecule has 1 aliphatic heterocycles. The Labute approximate surface area is 138 Å². The summed E-state index contributed by atoms with van der Waals surface area (Å²) in [7, 11) is 0. The number of fused-ring (bicyclic) bond motifs is 1. The standard InChI is InChI=1S/C17H15ClN2O3/c18-13-3-6-15-11(8-13)7-12(9-23-15)17(22)20-14-4-1-10(2-5-14)16(19)21/h1-6,8,12H,7,9H2,(H2,19,21)(H,20,22). The number of primary amides is 1. The Kier molecular flexibility index (Phi) is 4.21. The number of ether oxygens (including phenoxy) is 1. The van der Waals surface area contributed by atoms with Crippen LogP contribution < -0.4 is 15.8 Å². The van der Waals surface area contributed by atoms with Crippen LogP contribution in [0.2, 0.25) is 5.02 Å². The minimum Gasteiger partial charge on any atom is -0.492 e. The fourth-order valence-corrected chi connectivity index (χ4v) is 2.69. The van der Waals surface area contributed by atoms with Gasteiger partial charge in [0.1, 0.15) is 12.4 Å². The molecule has 0 bridgehead atoms. The van der Waals surface area contributed by atoms with Gasteiger partial charge in [0.2, 0.25) is 11.8 Å². The number of carbonyl (C=O) groups is 2. The van der Waals surface area contributed by atoms with E-state index in [2.05, 4.69) is 5.32 Å². The summed E-state index contributed by atoms with van der Waals surface area (Å²) >= 11 is 5.98. The predicted molar refractivity (Wildman–Crippen MR) is 87.7 cm³/mol. The van der Waals surface area contributed by atoms with Crippen LogP contribution in [0.5, 0.6) is 5.75 Å². The molecule has 2 amide bonds. The van der Waals surface area contributed by atoms with Crippen LogP contribution in [-0.2, 0) is 11.2 Å². The number of rotatable bonds is 3. The summed E-state index contributed by atoms with van der Waals surface area (Å²) in [6, 6.07) is 11.8. The second-order valence-electron chi connectivity index (χ2n) is 5.39. The third-order valence-corrected chi connectivity index (χ3v) is 3.97. The Bertz CT molecular complexity index is 759. The average Bonchev–Trinajstić information content (AvgIpc) is 2.54. The van der Waals surface area contributed by atoms with Crippen molar-refractivity contribution in [2.75, 3.05) is 11.9 Å². The van der Waals surface area contributed by atoms with E-state index in [0.717, 1.165) is 11.3 Å². The van der Waals surface area contributed by atoms with Gasteiger partial charge in [-0.05, 0) is 54.4 Å². The lowest BCUT2D eigenvalue weighted by atomic mass is 9.96. The molecule has 23 heavy (non-hydrogen) atoms. The van der Waals surface area contributed by atoms with Crippen molar-refractivity contribution in [1.82, 2.24) is 0 Å². The Hall–Kier alpha value is -2.53. The molecule has 3 N–H and O–H groups in total. The number of hydrogen-bond acceptors (Lipinski definition) is 3. The third kappa shape index (κ3) is 3.46. The van der Waals surface area contributed by atoms with Gasteiger partial charge >= 0.3 is 0 Å². The van der Waals surface area contributed by atoms with Crippen LogP contribution in [0.3, 0.4) is 0 Å². The molecule has 0 saturated heterocycles. The molecule has 6 heteroatoms. The molecule has 0 spiro atoms. The molecule has 1 unspecified atom stereocenters. The first-order valence-electron chi connectivity index (χ1n) is 7.15. The third-order valence-electron chi connectivity index (χ3n) is 3.74. The molecule has 0 aliphatic carbocycles. The van der Waals surface area contributed by atoms with Crippen LogP contribution in [0.25, 0.3) is 0 Å². The summed E-state index contributed by atoms with van der Waals surface area (Å²) < 4.78 is 5.62. The van der Waals surface area contributed by atoms with Crippen LogP contribution in [0, 0.1) is 5.92 Å². The maximum Gasteiger partial charge on any atom is 0.248 e. The normalized spacial score (nSPS) is 16.1. The van der Waals surface area contributed by atoms with Crippen molar-refractivity contribution in [2.45, 2.75) is 6.42 Å². The number of anilines is 1. The number of amides is 2. The van der Waals surface area contributed by atoms with E-state index in [1.807, 2.05) is 12.1 Å². The highest BCUT2D eigenvalue weighted by molar-refractivity contribution is 6.30. The van der Waals surface area contributed by atoms with E-state index >= 15 is 0 Å². The molecular formula is C17H15ClN2O3. The molecule has 1 heterocycles. The molecule has 1 atom stereocenters. The number of halogens is 1. The Balaban J connectivity index is 1.68. The van der Waals surface area contributed by atoms with Gasteiger partial charge in [0.05, 0.1) is 5.92 Å². The number of hydrogen-bond donors (Lipinski definition) is 2. The van der Waals surface area contributed by atoms with Crippen molar-refractivity contribution < 1.29 is 14.3 Å². The van der Waals surface area contributed by atoms with Crippen molar-refractivity contribution in [3.8, 4) is 5.75 Å². The molecule has 0 aromatic heterocycles. The Morgan fingerprint density at radius 1 is 1.17 bits per heavy atom. The van der Waals surface area contributed by atoms with E-state index in [-0.39, 0.29) is 11.8 Å². The van der Waals surface area contributed by atoms with E-state index in [0.29, 0.717) is 29.3 Å². The molecule has 0 saturated carbocycles. The predicted octanol–water partition coefficient (Wildman–Crippen LogP) is 2.63. The van der Waals surface area contributed by atoms with Gasteiger partial charge in [-0.15, -0.1) is 0 Å². The summed E-state index contributed by atoms with van der Waals surface area (Å²) in [5, 5.41) is 3.44. The van der Waals surface area contributed by atoms with E-state index in [4.69, 9.17) is 22.1 Å². The molecule has 118 valence electrons. The SMILES string of the molecule is NC(=O)c1ccc(NC(=O)C2COc3ccc(Cl)cc3C2)cc1. The molecule has 5 nitrogen and oxygen atoms in total.